The van der Waals surface area contributed by atoms with Crippen molar-refractivity contribution in [3.8, 4) is 0 Å². The molecule has 0 amide bonds. The summed E-state index contributed by atoms with van der Waals surface area (Å²) in [7, 11) is 2.21. The van der Waals surface area contributed by atoms with E-state index < -0.39 is 0 Å². The van der Waals surface area contributed by atoms with Crippen LogP contribution in [0.15, 0.2) is 18.3 Å². The normalized spacial score (nSPS) is 20.5. The lowest BCUT2D eigenvalue weighted by molar-refractivity contribution is 0.138. The lowest BCUT2D eigenvalue weighted by atomic mass is 9.99. The molecule has 4 nitrogen and oxygen atoms in total. The van der Waals surface area contributed by atoms with Crippen molar-refractivity contribution in [2.45, 2.75) is 45.7 Å². The van der Waals surface area contributed by atoms with Crippen LogP contribution in [-0.2, 0) is 0 Å². The molecule has 1 aromatic rings. The zero-order valence-electron chi connectivity index (χ0n) is 14.2. The predicted molar refractivity (Wildman–Crippen MR) is 89.9 cm³/mol. The van der Waals surface area contributed by atoms with E-state index in [9.17, 15) is 0 Å². The van der Waals surface area contributed by atoms with E-state index in [1.54, 1.807) is 0 Å². The van der Waals surface area contributed by atoms with E-state index in [1.165, 1.54) is 5.56 Å². The molecule has 2 heterocycles. The number of likely N-dealkylation sites (N-methyl/N-ethyl adjacent to an activating group) is 1. The SMILES string of the molecule is CCCNC(C)c1ccnc(N2CCN(C)C(C)(C)C2)c1. The molecule has 1 atom stereocenters. The molecule has 4 heteroatoms. The van der Waals surface area contributed by atoms with Crippen molar-refractivity contribution in [1.82, 2.24) is 15.2 Å². The molecule has 21 heavy (non-hydrogen) atoms. The molecule has 0 saturated carbocycles. The van der Waals surface area contributed by atoms with Crippen molar-refractivity contribution in [3.63, 3.8) is 0 Å². The third-order valence-electron chi connectivity index (χ3n) is 4.61. The minimum atomic E-state index is 0.196. The molecule has 2 rings (SSSR count). The minimum Gasteiger partial charge on any atom is -0.353 e. The molecule has 1 fully saturated rings. The Morgan fingerprint density at radius 1 is 1.38 bits per heavy atom. The summed E-state index contributed by atoms with van der Waals surface area (Å²) in [5.41, 5.74) is 1.52. The summed E-state index contributed by atoms with van der Waals surface area (Å²) in [6.45, 7) is 13.2. The first-order chi connectivity index (χ1) is 9.94. The van der Waals surface area contributed by atoms with Crippen LogP contribution in [0.5, 0.6) is 0 Å². The summed E-state index contributed by atoms with van der Waals surface area (Å²) in [6, 6.07) is 4.75. The van der Waals surface area contributed by atoms with Gasteiger partial charge in [-0.3, -0.25) is 4.90 Å². The number of nitrogens with one attached hydrogen (secondary N) is 1. The minimum absolute atomic E-state index is 0.196. The van der Waals surface area contributed by atoms with E-state index in [0.717, 1.165) is 38.4 Å². The summed E-state index contributed by atoms with van der Waals surface area (Å²) in [6.07, 6.45) is 3.11. The second kappa shape index (κ2) is 6.75. The topological polar surface area (TPSA) is 31.4 Å². The van der Waals surface area contributed by atoms with Crippen molar-refractivity contribution in [3.05, 3.63) is 23.9 Å². The fraction of sp³-hybridized carbons (Fsp3) is 0.706. The Labute approximate surface area is 129 Å². The molecular weight excluding hydrogens is 260 g/mol. The standard InChI is InChI=1S/C17H30N4/c1-6-8-18-14(2)15-7-9-19-16(12-15)21-11-10-20(5)17(3,4)13-21/h7,9,12,14,18H,6,8,10-11,13H2,1-5H3. The molecule has 1 aromatic heterocycles. The summed E-state index contributed by atoms with van der Waals surface area (Å²) >= 11 is 0. The Morgan fingerprint density at radius 3 is 2.81 bits per heavy atom. The molecule has 0 aliphatic carbocycles. The monoisotopic (exact) mass is 290 g/mol. The average Bonchev–Trinajstić information content (AvgIpc) is 2.47. The largest absolute Gasteiger partial charge is 0.353 e. The van der Waals surface area contributed by atoms with Gasteiger partial charge in [0.15, 0.2) is 0 Å². The highest BCUT2D eigenvalue weighted by atomic mass is 15.3. The zero-order valence-corrected chi connectivity index (χ0v) is 14.2. The fourth-order valence-electron chi connectivity index (χ4n) is 2.79. The van der Waals surface area contributed by atoms with Gasteiger partial charge in [-0.1, -0.05) is 6.92 Å². The van der Waals surface area contributed by atoms with Crippen LogP contribution in [0, 0.1) is 0 Å². The zero-order chi connectivity index (χ0) is 15.5. The van der Waals surface area contributed by atoms with Gasteiger partial charge in [-0.15, -0.1) is 0 Å². The molecule has 0 radical (unpaired) electrons. The first-order valence-corrected chi connectivity index (χ1v) is 8.09. The maximum absolute atomic E-state index is 4.60. The number of aromatic nitrogens is 1. The molecule has 118 valence electrons. The number of anilines is 1. The van der Waals surface area contributed by atoms with E-state index in [-0.39, 0.29) is 5.54 Å². The van der Waals surface area contributed by atoms with Gasteiger partial charge >= 0.3 is 0 Å². The third-order valence-corrected chi connectivity index (χ3v) is 4.61. The quantitative estimate of drug-likeness (QED) is 0.903. The molecular formula is C17H30N4. The summed E-state index contributed by atoms with van der Waals surface area (Å²) in [5, 5.41) is 3.55. The van der Waals surface area contributed by atoms with Crippen LogP contribution < -0.4 is 10.2 Å². The Morgan fingerprint density at radius 2 is 2.14 bits per heavy atom. The van der Waals surface area contributed by atoms with Crippen LogP contribution in [0.25, 0.3) is 0 Å². The molecule has 0 aromatic carbocycles. The molecule has 0 bridgehead atoms. The van der Waals surface area contributed by atoms with Crippen molar-refractivity contribution in [1.29, 1.82) is 0 Å². The highest BCUT2D eigenvalue weighted by molar-refractivity contribution is 5.43. The lowest BCUT2D eigenvalue weighted by Crippen LogP contribution is -2.57. The van der Waals surface area contributed by atoms with Gasteiger partial charge in [0.2, 0.25) is 0 Å². The number of hydrogen-bond acceptors (Lipinski definition) is 4. The second-order valence-electron chi connectivity index (χ2n) is 6.78. The van der Waals surface area contributed by atoms with Crippen LogP contribution in [-0.4, -0.2) is 48.6 Å². The van der Waals surface area contributed by atoms with Crippen LogP contribution in [0.1, 0.15) is 45.7 Å². The maximum atomic E-state index is 4.60. The first-order valence-electron chi connectivity index (χ1n) is 8.09. The average molecular weight is 290 g/mol. The highest BCUT2D eigenvalue weighted by Crippen LogP contribution is 2.24. The predicted octanol–water partition coefficient (Wildman–Crippen LogP) is 2.67. The molecule has 1 unspecified atom stereocenters. The van der Waals surface area contributed by atoms with Gasteiger partial charge in [-0.25, -0.2) is 4.98 Å². The summed E-state index contributed by atoms with van der Waals surface area (Å²) in [5.74, 6) is 1.11. The van der Waals surface area contributed by atoms with Gasteiger partial charge in [0.25, 0.3) is 0 Å². The van der Waals surface area contributed by atoms with Crippen molar-refractivity contribution in [2.24, 2.45) is 0 Å². The second-order valence-corrected chi connectivity index (χ2v) is 6.78. The van der Waals surface area contributed by atoms with Crippen molar-refractivity contribution in [2.75, 3.05) is 38.1 Å². The van der Waals surface area contributed by atoms with Crippen LogP contribution in [0.4, 0.5) is 5.82 Å². The number of hydrogen-bond donors (Lipinski definition) is 1. The van der Waals surface area contributed by atoms with Gasteiger partial charge in [-0.2, -0.15) is 0 Å². The van der Waals surface area contributed by atoms with Crippen molar-refractivity contribution < 1.29 is 0 Å². The maximum Gasteiger partial charge on any atom is 0.128 e. The van der Waals surface area contributed by atoms with E-state index in [0.29, 0.717) is 6.04 Å². The fourth-order valence-corrected chi connectivity index (χ4v) is 2.79. The first kappa shape index (κ1) is 16.2. The number of pyridine rings is 1. The summed E-state index contributed by atoms with van der Waals surface area (Å²) in [4.78, 5) is 9.44. The van der Waals surface area contributed by atoms with Crippen LogP contribution in [0.2, 0.25) is 0 Å². The van der Waals surface area contributed by atoms with Gasteiger partial charge in [0, 0.05) is 37.4 Å². The van der Waals surface area contributed by atoms with Gasteiger partial charge in [0.05, 0.1) is 0 Å². The Balaban J connectivity index is 2.10. The third kappa shape index (κ3) is 3.95. The van der Waals surface area contributed by atoms with Crippen LogP contribution >= 0.6 is 0 Å². The lowest BCUT2D eigenvalue weighted by Gasteiger charge is -2.45. The van der Waals surface area contributed by atoms with Gasteiger partial charge < -0.3 is 10.2 Å². The van der Waals surface area contributed by atoms with E-state index >= 15 is 0 Å². The van der Waals surface area contributed by atoms with Gasteiger partial charge in [0.1, 0.15) is 5.82 Å². The molecule has 0 spiro atoms. The smallest absolute Gasteiger partial charge is 0.128 e. The van der Waals surface area contributed by atoms with E-state index in [1.807, 2.05) is 6.20 Å². The van der Waals surface area contributed by atoms with Crippen molar-refractivity contribution >= 4 is 5.82 Å². The van der Waals surface area contributed by atoms with Gasteiger partial charge in [-0.05, 0) is 58.5 Å². The number of piperazine rings is 1. The van der Waals surface area contributed by atoms with E-state index in [2.05, 4.69) is 67.0 Å². The molecule has 1 saturated heterocycles. The summed E-state index contributed by atoms with van der Waals surface area (Å²) < 4.78 is 0. The molecule has 1 aliphatic rings. The Kier molecular flexibility index (Phi) is 5.22. The Hall–Kier alpha value is -1.13. The number of rotatable bonds is 5. The number of nitrogens with zero attached hydrogens (tertiary/aromatic N) is 3. The Bertz CT molecular complexity index is 458. The highest BCUT2D eigenvalue weighted by Gasteiger charge is 2.31. The molecule has 1 N–H and O–H groups in total. The molecule has 1 aliphatic heterocycles. The van der Waals surface area contributed by atoms with E-state index in [4.69, 9.17) is 0 Å². The van der Waals surface area contributed by atoms with Crippen LogP contribution in [0.3, 0.4) is 0 Å².